The monoisotopic (exact) mass is 575 g/mol. The lowest BCUT2D eigenvalue weighted by Gasteiger charge is -2.20. The Hall–Kier alpha value is -4.71. The molecule has 0 spiro atoms. The second-order valence-corrected chi connectivity index (χ2v) is 10.9. The number of phosphoric acid groups is 2. The van der Waals surface area contributed by atoms with Gasteiger partial charge in [-0.05, 0) is 54.6 Å². The quantitative estimate of drug-likeness (QED) is 0.136. The molecular weight excluding hydrogens is 552 g/mol. The lowest BCUT2D eigenvalue weighted by atomic mass is 10.3. The molecule has 0 unspecified atom stereocenters. The molecule has 202 valence electrons. The first-order valence-electron chi connectivity index (χ1n) is 12.0. The van der Waals surface area contributed by atoms with Crippen molar-refractivity contribution < 1.29 is 36.3 Å². The van der Waals surface area contributed by atoms with Gasteiger partial charge in [0.2, 0.25) is 5.88 Å². The molecular formula is C29H23NO8P2. The highest BCUT2D eigenvalue weighted by atomic mass is 31.2. The molecule has 11 heteroatoms. The van der Waals surface area contributed by atoms with Gasteiger partial charge >= 0.3 is 15.6 Å². The van der Waals surface area contributed by atoms with E-state index >= 15 is 0 Å². The first kappa shape index (κ1) is 26.9. The lowest BCUT2D eigenvalue weighted by Crippen LogP contribution is -2.09. The minimum absolute atomic E-state index is 0.0466. The van der Waals surface area contributed by atoms with E-state index in [4.69, 9.17) is 27.1 Å². The molecule has 0 aliphatic carbocycles. The van der Waals surface area contributed by atoms with Crippen LogP contribution >= 0.6 is 15.6 Å². The van der Waals surface area contributed by atoms with Crippen molar-refractivity contribution in [2.75, 3.05) is 0 Å². The fraction of sp³-hybridized carbons (Fsp3) is 0. The summed E-state index contributed by atoms with van der Waals surface area (Å²) < 4.78 is 61.0. The maximum Gasteiger partial charge on any atom is 0.648 e. The Bertz CT molecular complexity index is 1380. The van der Waals surface area contributed by atoms with Crippen LogP contribution in [0.3, 0.4) is 0 Å². The summed E-state index contributed by atoms with van der Waals surface area (Å²) in [5, 5.41) is 0. The highest BCUT2D eigenvalue weighted by Crippen LogP contribution is 2.51. The Balaban J connectivity index is 1.35. The van der Waals surface area contributed by atoms with Crippen LogP contribution in [0.5, 0.6) is 34.6 Å². The molecule has 5 rings (SSSR count). The average Bonchev–Trinajstić information content (AvgIpc) is 2.96. The van der Waals surface area contributed by atoms with Gasteiger partial charge in [0.05, 0.1) is 6.20 Å². The number of nitrogens with zero attached hydrogens (tertiary/aromatic N) is 1. The maximum atomic E-state index is 13.6. The van der Waals surface area contributed by atoms with Gasteiger partial charge in [-0.1, -0.05) is 72.8 Å². The van der Waals surface area contributed by atoms with E-state index < -0.39 is 15.6 Å². The predicted octanol–water partition coefficient (Wildman–Crippen LogP) is 8.37. The minimum atomic E-state index is -4.24. The molecule has 5 aromatic rings. The zero-order chi connectivity index (χ0) is 27.7. The zero-order valence-electron chi connectivity index (χ0n) is 20.9. The molecule has 0 saturated heterocycles. The summed E-state index contributed by atoms with van der Waals surface area (Å²) in [7, 11) is -8.46. The highest BCUT2D eigenvalue weighted by Gasteiger charge is 2.35. The Kier molecular flexibility index (Phi) is 8.35. The summed E-state index contributed by atoms with van der Waals surface area (Å²) in [4.78, 5) is 4.13. The van der Waals surface area contributed by atoms with E-state index in [1.54, 1.807) is 121 Å². The van der Waals surface area contributed by atoms with Crippen molar-refractivity contribution in [3.63, 3.8) is 0 Å². The molecule has 0 atom stereocenters. The Morgan fingerprint density at radius 3 is 1.02 bits per heavy atom. The van der Waals surface area contributed by atoms with Crippen molar-refractivity contribution in [2.45, 2.75) is 0 Å². The van der Waals surface area contributed by atoms with Gasteiger partial charge in [-0.15, -0.1) is 0 Å². The van der Waals surface area contributed by atoms with Crippen LogP contribution in [0.4, 0.5) is 0 Å². The number of para-hydroxylation sites is 4. The summed E-state index contributed by atoms with van der Waals surface area (Å²) >= 11 is 0. The van der Waals surface area contributed by atoms with Gasteiger partial charge in [0, 0.05) is 6.07 Å². The van der Waals surface area contributed by atoms with Crippen molar-refractivity contribution in [2.24, 2.45) is 0 Å². The molecule has 0 fully saturated rings. The third-order valence-electron chi connectivity index (χ3n) is 4.97. The van der Waals surface area contributed by atoms with E-state index in [-0.39, 0.29) is 34.6 Å². The van der Waals surface area contributed by atoms with E-state index in [1.807, 2.05) is 0 Å². The first-order valence-corrected chi connectivity index (χ1v) is 14.9. The smallest absolute Gasteiger partial charge is 0.386 e. The van der Waals surface area contributed by atoms with Gasteiger partial charge in [0.25, 0.3) is 0 Å². The Morgan fingerprint density at radius 1 is 0.375 bits per heavy atom. The van der Waals surface area contributed by atoms with E-state index in [1.165, 1.54) is 18.3 Å². The zero-order valence-corrected chi connectivity index (χ0v) is 22.7. The normalized spacial score (nSPS) is 11.2. The summed E-state index contributed by atoms with van der Waals surface area (Å²) in [5.41, 5.74) is 0. The minimum Gasteiger partial charge on any atom is -0.386 e. The average molecular weight is 575 g/mol. The van der Waals surface area contributed by atoms with E-state index in [2.05, 4.69) is 4.98 Å². The largest absolute Gasteiger partial charge is 0.648 e. The maximum absolute atomic E-state index is 13.6. The van der Waals surface area contributed by atoms with E-state index in [0.717, 1.165) is 0 Å². The number of phosphoric ester groups is 2. The van der Waals surface area contributed by atoms with Gasteiger partial charge in [0.15, 0.2) is 5.75 Å². The molecule has 0 aliphatic rings. The van der Waals surface area contributed by atoms with Crippen LogP contribution in [0.15, 0.2) is 140 Å². The molecule has 0 amide bonds. The van der Waals surface area contributed by atoms with Gasteiger partial charge in [-0.3, -0.25) is 0 Å². The molecule has 0 aliphatic heterocycles. The van der Waals surface area contributed by atoms with Crippen LogP contribution in [-0.4, -0.2) is 4.98 Å². The van der Waals surface area contributed by atoms with Crippen molar-refractivity contribution in [1.82, 2.24) is 4.98 Å². The van der Waals surface area contributed by atoms with Crippen molar-refractivity contribution in [3.8, 4) is 34.6 Å². The van der Waals surface area contributed by atoms with Crippen molar-refractivity contribution in [3.05, 3.63) is 140 Å². The summed E-state index contributed by atoms with van der Waals surface area (Å²) in [5.74, 6) is 1.08. The van der Waals surface area contributed by atoms with Gasteiger partial charge in [0.1, 0.15) is 23.0 Å². The number of rotatable bonds is 12. The lowest BCUT2D eigenvalue weighted by molar-refractivity contribution is 0.290. The molecule has 9 nitrogen and oxygen atoms in total. The molecule has 4 aromatic carbocycles. The molecule has 1 heterocycles. The topological polar surface area (TPSA) is 102 Å². The second kappa shape index (κ2) is 12.4. The van der Waals surface area contributed by atoms with Crippen LogP contribution in [-0.2, 0) is 9.13 Å². The SMILES string of the molecule is O=P(Oc1ccccc1)(Oc1ccccc1)Oc1ccc(OP(=O)(Oc2ccccc2)Oc2ccccc2)nc1. The van der Waals surface area contributed by atoms with Crippen molar-refractivity contribution in [1.29, 1.82) is 0 Å². The number of benzene rings is 4. The standard InChI is InChI=1S/C29H23NO8P2/c31-39(33-24-13-5-1-6-14-24,34-25-15-7-2-8-16-25)37-28-21-22-29(30-23-28)38-40(32,35-26-17-9-3-10-18-26)36-27-19-11-4-12-20-27/h1-23H. The Labute approximate surface area is 231 Å². The third-order valence-corrected chi connectivity index (χ3v) is 7.56. The summed E-state index contributed by atoms with van der Waals surface area (Å²) in [6.07, 6.45) is 1.22. The number of hydrogen-bond donors (Lipinski definition) is 0. The molecule has 1 aromatic heterocycles. The van der Waals surface area contributed by atoms with Gasteiger partial charge < -0.3 is 27.1 Å². The summed E-state index contributed by atoms with van der Waals surface area (Å²) in [6.45, 7) is 0. The molecule has 0 N–H and O–H groups in total. The fourth-order valence-electron chi connectivity index (χ4n) is 3.27. The van der Waals surface area contributed by atoms with E-state index in [0.29, 0.717) is 0 Å². The van der Waals surface area contributed by atoms with Crippen molar-refractivity contribution >= 4 is 15.6 Å². The van der Waals surface area contributed by atoms with Crippen LogP contribution in [0.2, 0.25) is 0 Å². The second-order valence-electron chi connectivity index (χ2n) is 8.03. The van der Waals surface area contributed by atoms with Gasteiger partial charge in [-0.2, -0.15) is 9.13 Å². The molecule has 40 heavy (non-hydrogen) atoms. The number of pyridine rings is 1. The van der Waals surface area contributed by atoms with Crippen LogP contribution in [0, 0.1) is 0 Å². The van der Waals surface area contributed by atoms with Crippen LogP contribution < -0.4 is 27.1 Å². The third kappa shape index (κ3) is 7.67. The predicted molar refractivity (Wildman–Crippen MR) is 149 cm³/mol. The Morgan fingerprint density at radius 2 is 0.700 bits per heavy atom. The molecule has 0 bridgehead atoms. The highest BCUT2D eigenvalue weighted by molar-refractivity contribution is 7.50. The van der Waals surface area contributed by atoms with Gasteiger partial charge in [-0.25, -0.2) is 4.98 Å². The first-order chi connectivity index (χ1) is 19.5. The number of hydrogen-bond acceptors (Lipinski definition) is 9. The molecule has 0 saturated carbocycles. The van der Waals surface area contributed by atoms with E-state index in [9.17, 15) is 9.13 Å². The van der Waals surface area contributed by atoms with Crippen LogP contribution in [0.1, 0.15) is 0 Å². The fourth-order valence-corrected chi connectivity index (χ4v) is 5.72. The number of aromatic nitrogens is 1. The summed E-state index contributed by atoms with van der Waals surface area (Å²) in [6, 6.07) is 36.7. The molecule has 0 radical (unpaired) electrons. The van der Waals surface area contributed by atoms with Crippen LogP contribution in [0.25, 0.3) is 0 Å².